The number of thiocarbonyl (C=S) groups is 1. The van der Waals surface area contributed by atoms with Crippen molar-refractivity contribution < 1.29 is 9.53 Å². The van der Waals surface area contributed by atoms with Gasteiger partial charge in [0.15, 0.2) is 5.11 Å². The van der Waals surface area contributed by atoms with Crippen LogP contribution in [0.2, 0.25) is 5.02 Å². The Bertz CT molecular complexity index is 943. The fourth-order valence-electron chi connectivity index (χ4n) is 2.98. The van der Waals surface area contributed by atoms with Crippen LogP contribution in [0, 0.1) is 6.92 Å². The highest BCUT2D eigenvalue weighted by Gasteiger charge is 2.30. The largest absolute Gasteiger partial charge is 0.497 e. The van der Waals surface area contributed by atoms with Crippen molar-refractivity contribution in [2.24, 2.45) is 0 Å². The molecule has 3 rings (SSSR count). The first-order chi connectivity index (χ1) is 12.9. The molecule has 0 unspecified atom stereocenters. The van der Waals surface area contributed by atoms with Crippen LogP contribution in [0.4, 0.5) is 5.69 Å². The van der Waals surface area contributed by atoms with Crippen LogP contribution in [0.15, 0.2) is 53.7 Å². The van der Waals surface area contributed by atoms with Gasteiger partial charge in [-0.05, 0) is 61.5 Å². The molecule has 2 aromatic carbocycles. The van der Waals surface area contributed by atoms with E-state index >= 15 is 0 Å². The third-order valence-electron chi connectivity index (χ3n) is 4.39. The number of rotatable bonds is 4. The minimum absolute atomic E-state index is 0.229. The van der Waals surface area contributed by atoms with Crippen molar-refractivity contribution in [1.29, 1.82) is 0 Å². The Balaban J connectivity index is 1.98. The first kappa shape index (κ1) is 19.2. The maximum atomic E-state index is 13.1. The predicted molar refractivity (Wildman–Crippen MR) is 112 cm³/mol. The van der Waals surface area contributed by atoms with E-state index in [9.17, 15) is 4.79 Å². The highest BCUT2D eigenvalue weighted by Crippen LogP contribution is 2.30. The van der Waals surface area contributed by atoms with Crippen molar-refractivity contribution in [3.8, 4) is 5.75 Å². The average molecular weight is 402 g/mol. The number of amides is 1. The zero-order chi connectivity index (χ0) is 19.6. The fraction of sp³-hybridized carbons (Fsp3) is 0.200. The molecule has 27 heavy (non-hydrogen) atoms. The van der Waals surface area contributed by atoms with Gasteiger partial charge in [0.05, 0.1) is 18.7 Å². The Kier molecular flexibility index (Phi) is 5.68. The normalized spacial score (nSPS) is 16.4. The van der Waals surface area contributed by atoms with Crippen LogP contribution in [0.5, 0.6) is 5.75 Å². The Morgan fingerprint density at radius 3 is 2.74 bits per heavy atom. The molecule has 0 spiro atoms. The summed E-state index contributed by atoms with van der Waals surface area (Å²) >= 11 is 11.4. The molecule has 2 aromatic rings. The number of allylic oxidation sites excluding steroid dienone is 1. The fourth-order valence-corrected chi connectivity index (χ4v) is 3.43. The summed E-state index contributed by atoms with van der Waals surface area (Å²) in [5.74, 6) is 0.482. The van der Waals surface area contributed by atoms with Crippen molar-refractivity contribution >= 4 is 40.5 Å². The van der Waals surface area contributed by atoms with Crippen LogP contribution in [0.3, 0.4) is 0 Å². The average Bonchev–Trinajstić information content (AvgIpc) is 2.64. The second kappa shape index (κ2) is 7.98. The number of halogens is 1. The summed E-state index contributed by atoms with van der Waals surface area (Å²) in [5.41, 5.74) is 3.73. The highest BCUT2D eigenvalue weighted by molar-refractivity contribution is 7.80. The number of carbonyl (C=O) groups excluding carboxylic acids is 1. The van der Waals surface area contributed by atoms with E-state index in [1.807, 2.05) is 44.2 Å². The van der Waals surface area contributed by atoms with Crippen LogP contribution in [-0.4, -0.2) is 18.1 Å². The van der Waals surface area contributed by atoms with Crippen LogP contribution < -0.4 is 20.7 Å². The first-order valence-corrected chi connectivity index (χ1v) is 9.17. The molecule has 1 heterocycles. The number of hydrogen-bond acceptors (Lipinski definition) is 3. The summed E-state index contributed by atoms with van der Waals surface area (Å²) in [7, 11) is 1.61. The second-order valence-corrected chi connectivity index (χ2v) is 7.10. The maximum absolute atomic E-state index is 13.1. The number of methoxy groups -OCH3 is 1. The quantitative estimate of drug-likeness (QED) is 0.673. The van der Waals surface area contributed by atoms with Gasteiger partial charge in [-0.15, -0.1) is 0 Å². The lowest BCUT2D eigenvalue weighted by atomic mass is 9.94. The molecule has 1 atom stereocenters. The molecule has 0 bridgehead atoms. The smallest absolute Gasteiger partial charge is 0.255 e. The van der Waals surface area contributed by atoms with Gasteiger partial charge in [0.25, 0.3) is 5.91 Å². The van der Waals surface area contributed by atoms with E-state index < -0.39 is 6.04 Å². The third-order valence-corrected chi connectivity index (χ3v) is 4.84. The molecule has 7 heteroatoms. The number of hydrogen-bond donors (Lipinski definition) is 3. The molecule has 0 aromatic heterocycles. The van der Waals surface area contributed by atoms with Gasteiger partial charge < -0.3 is 20.7 Å². The molecule has 0 aliphatic carbocycles. The molecule has 5 nitrogen and oxygen atoms in total. The van der Waals surface area contributed by atoms with Crippen LogP contribution in [0.1, 0.15) is 24.1 Å². The Morgan fingerprint density at radius 2 is 2.00 bits per heavy atom. The third kappa shape index (κ3) is 4.23. The van der Waals surface area contributed by atoms with E-state index in [1.54, 1.807) is 19.2 Å². The van der Waals surface area contributed by atoms with Crippen LogP contribution in [0.25, 0.3) is 0 Å². The molecule has 1 amide bonds. The van der Waals surface area contributed by atoms with Crippen molar-refractivity contribution in [2.45, 2.75) is 19.9 Å². The van der Waals surface area contributed by atoms with Gasteiger partial charge >= 0.3 is 0 Å². The van der Waals surface area contributed by atoms with E-state index in [0.717, 1.165) is 11.1 Å². The zero-order valence-corrected chi connectivity index (χ0v) is 16.8. The summed E-state index contributed by atoms with van der Waals surface area (Å²) < 4.78 is 5.31. The molecule has 0 radical (unpaired) electrons. The number of ether oxygens (including phenoxy) is 1. The Hall–Kier alpha value is -2.57. The van der Waals surface area contributed by atoms with Gasteiger partial charge in [-0.1, -0.05) is 29.8 Å². The summed E-state index contributed by atoms with van der Waals surface area (Å²) in [6, 6.07) is 12.5. The highest BCUT2D eigenvalue weighted by atomic mass is 35.5. The van der Waals surface area contributed by atoms with Crippen molar-refractivity contribution in [1.82, 2.24) is 10.6 Å². The van der Waals surface area contributed by atoms with Gasteiger partial charge in [-0.3, -0.25) is 4.79 Å². The Morgan fingerprint density at radius 1 is 1.22 bits per heavy atom. The Labute approximate surface area is 168 Å². The molecule has 0 saturated carbocycles. The van der Waals surface area contributed by atoms with Gasteiger partial charge in [0.2, 0.25) is 0 Å². The summed E-state index contributed by atoms with van der Waals surface area (Å²) in [5, 5.41) is 10.2. The minimum atomic E-state index is -0.395. The molecule has 0 saturated heterocycles. The van der Waals surface area contributed by atoms with Crippen molar-refractivity contribution in [3.63, 3.8) is 0 Å². The van der Waals surface area contributed by atoms with Gasteiger partial charge in [-0.2, -0.15) is 0 Å². The van der Waals surface area contributed by atoms with Gasteiger partial charge in [-0.25, -0.2) is 0 Å². The maximum Gasteiger partial charge on any atom is 0.255 e. The molecular weight excluding hydrogens is 382 g/mol. The standard InChI is InChI=1S/C20H20ClN3O2S/c1-11-7-8-14(21)10-16(11)23-19(25)17-12(2)22-20(27)24-18(17)13-5-4-6-15(9-13)26-3/h4-10,18H,1-3H3,(H,23,25)(H2,22,24,27)/t18-/m0/s1. The van der Waals surface area contributed by atoms with Crippen LogP contribution >= 0.6 is 23.8 Å². The number of nitrogens with one attached hydrogen (secondary N) is 3. The number of benzene rings is 2. The second-order valence-electron chi connectivity index (χ2n) is 6.26. The van der Waals surface area contributed by atoms with Crippen molar-refractivity contribution in [3.05, 3.63) is 69.9 Å². The molecule has 1 aliphatic rings. The molecule has 1 aliphatic heterocycles. The summed E-state index contributed by atoms with van der Waals surface area (Å²) in [6.07, 6.45) is 0. The lowest BCUT2D eigenvalue weighted by molar-refractivity contribution is -0.113. The van der Waals surface area contributed by atoms with E-state index in [-0.39, 0.29) is 5.91 Å². The monoisotopic (exact) mass is 401 g/mol. The summed E-state index contributed by atoms with van der Waals surface area (Å²) in [6.45, 7) is 3.75. The predicted octanol–water partition coefficient (Wildman–Crippen LogP) is 4.09. The minimum Gasteiger partial charge on any atom is -0.497 e. The topological polar surface area (TPSA) is 62.4 Å². The number of carbonyl (C=O) groups is 1. The van der Waals surface area contributed by atoms with E-state index in [2.05, 4.69) is 16.0 Å². The molecule has 0 fully saturated rings. The molecule has 140 valence electrons. The zero-order valence-electron chi connectivity index (χ0n) is 15.2. The molecular formula is C20H20ClN3O2S. The first-order valence-electron chi connectivity index (χ1n) is 8.39. The summed E-state index contributed by atoms with van der Waals surface area (Å²) in [4.78, 5) is 13.1. The van der Waals surface area contributed by atoms with Gasteiger partial charge in [0.1, 0.15) is 5.75 Å². The SMILES string of the molecule is COc1cccc([C@@H]2NC(=S)NC(C)=C2C(=O)Nc2cc(Cl)ccc2C)c1. The van der Waals surface area contributed by atoms with E-state index in [4.69, 9.17) is 28.6 Å². The van der Waals surface area contributed by atoms with Crippen LogP contribution in [-0.2, 0) is 4.79 Å². The number of aryl methyl sites for hydroxylation is 1. The van der Waals surface area contributed by atoms with Gasteiger partial charge in [0, 0.05) is 16.4 Å². The number of anilines is 1. The van der Waals surface area contributed by atoms with E-state index in [0.29, 0.717) is 32.8 Å². The van der Waals surface area contributed by atoms with E-state index in [1.165, 1.54) is 0 Å². The lowest BCUT2D eigenvalue weighted by Gasteiger charge is -2.30. The van der Waals surface area contributed by atoms with Crippen molar-refractivity contribution in [2.75, 3.05) is 12.4 Å². The lowest BCUT2D eigenvalue weighted by Crippen LogP contribution is -2.45. The molecule has 3 N–H and O–H groups in total.